The first kappa shape index (κ1) is 23.4. The maximum Gasteiger partial charge on any atom is 0.339 e. The van der Waals surface area contributed by atoms with E-state index in [4.69, 9.17) is 14.7 Å². The molecule has 0 heterocycles. The maximum atomic E-state index is 12.7. The van der Waals surface area contributed by atoms with Crippen LogP contribution in [0.5, 0.6) is 5.75 Å². The van der Waals surface area contributed by atoms with E-state index in [9.17, 15) is 18.0 Å². The lowest BCUT2D eigenvalue weighted by Gasteiger charge is -2.31. The second-order valence-corrected chi connectivity index (χ2v) is 9.15. The summed E-state index contributed by atoms with van der Waals surface area (Å²) in [6.45, 7) is 5.03. The zero-order valence-corrected chi connectivity index (χ0v) is 18.1. The summed E-state index contributed by atoms with van der Waals surface area (Å²) >= 11 is 0. The van der Waals surface area contributed by atoms with Gasteiger partial charge in [0.25, 0.3) is 0 Å². The van der Waals surface area contributed by atoms with E-state index in [2.05, 4.69) is 4.74 Å². The number of benzene rings is 2. The summed E-state index contributed by atoms with van der Waals surface area (Å²) in [7, 11) is -2.84. The van der Waals surface area contributed by atoms with E-state index in [0.717, 1.165) is 0 Å². The average molecular weight is 435 g/mol. The second-order valence-electron chi connectivity index (χ2n) is 7.60. The van der Waals surface area contributed by atoms with E-state index < -0.39 is 39.6 Å². The summed E-state index contributed by atoms with van der Waals surface area (Å²) in [5.41, 5.74) is 3.87. The molecule has 8 nitrogen and oxygen atoms in total. The number of carbonyl (C=O) groups is 2. The Morgan fingerprint density at radius 3 is 2.03 bits per heavy atom. The van der Waals surface area contributed by atoms with Crippen LogP contribution in [0.15, 0.2) is 59.5 Å². The van der Waals surface area contributed by atoms with Crippen molar-refractivity contribution in [2.75, 3.05) is 7.11 Å². The van der Waals surface area contributed by atoms with Gasteiger partial charge in [-0.2, -0.15) is 8.42 Å². The molecule has 2 N–H and O–H groups in total. The van der Waals surface area contributed by atoms with Gasteiger partial charge in [0.05, 0.1) is 13.5 Å². The molecule has 9 heteroatoms. The average Bonchev–Trinajstić information content (AvgIpc) is 2.67. The molecule has 0 amide bonds. The van der Waals surface area contributed by atoms with Crippen LogP contribution in [0, 0.1) is 0 Å². The quantitative estimate of drug-likeness (QED) is 0.520. The Hall–Kier alpha value is -2.91. The van der Waals surface area contributed by atoms with Crippen LogP contribution in [0.4, 0.5) is 0 Å². The highest BCUT2D eigenvalue weighted by Crippen LogP contribution is 2.29. The van der Waals surface area contributed by atoms with Crippen LogP contribution in [0.25, 0.3) is 0 Å². The van der Waals surface area contributed by atoms with Gasteiger partial charge in [-0.3, -0.25) is 4.79 Å². The molecule has 0 bridgehead atoms. The lowest BCUT2D eigenvalue weighted by atomic mass is 9.87. The Morgan fingerprint density at radius 1 is 0.967 bits per heavy atom. The molecule has 0 radical (unpaired) electrons. The van der Waals surface area contributed by atoms with Crippen molar-refractivity contribution in [3.8, 4) is 5.75 Å². The number of hydrogen-bond acceptors (Lipinski definition) is 8. The highest BCUT2D eigenvalue weighted by Gasteiger charge is 2.42. The first-order valence-corrected chi connectivity index (χ1v) is 10.5. The lowest BCUT2D eigenvalue weighted by Crippen LogP contribution is -2.50. The van der Waals surface area contributed by atoms with Gasteiger partial charge in [0.2, 0.25) is 0 Å². The number of ether oxygens (including phenoxy) is 2. The molecule has 2 aromatic carbocycles. The lowest BCUT2D eigenvalue weighted by molar-refractivity contribution is -0.165. The molecule has 0 aliphatic carbocycles. The van der Waals surface area contributed by atoms with E-state index in [1.807, 2.05) is 0 Å². The van der Waals surface area contributed by atoms with Gasteiger partial charge in [0.1, 0.15) is 16.2 Å². The second kappa shape index (κ2) is 8.85. The zero-order chi connectivity index (χ0) is 22.6. The van der Waals surface area contributed by atoms with E-state index in [1.165, 1.54) is 43.5 Å². The van der Waals surface area contributed by atoms with Crippen molar-refractivity contribution in [1.29, 1.82) is 0 Å². The number of nitrogens with two attached hydrogens (primary N) is 1. The molecule has 30 heavy (non-hydrogen) atoms. The van der Waals surface area contributed by atoms with Crippen molar-refractivity contribution >= 4 is 22.1 Å². The van der Waals surface area contributed by atoms with Gasteiger partial charge in [-0.05, 0) is 50.6 Å². The van der Waals surface area contributed by atoms with Crippen molar-refractivity contribution < 1.29 is 31.7 Å². The molecule has 162 valence electrons. The monoisotopic (exact) mass is 435 g/mol. The van der Waals surface area contributed by atoms with Crippen LogP contribution < -0.4 is 9.92 Å². The van der Waals surface area contributed by atoms with Crippen LogP contribution in [-0.2, 0) is 34.7 Å². The molecule has 1 unspecified atom stereocenters. The summed E-state index contributed by atoms with van der Waals surface area (Å²) in [4.78, 5) is 24.6. The van der Waals surface area contributed by atoms with Crippen molar-refractivity contribution in [1.82, 2.24) is 0 Å². The molecule has 0 aromatic heterocycles. The van der Waals surface area contributed by atoms with Gasteiger partial charge in [-0.25, -0.2) is 4.79 Å². The minimum Gasteiger partial charge on any atom is -0.469 e. The molecule has 2 aromatic rings. The number of rotatable bonds is 7. The molecule has 1 atom stereocenters. The van der Waals surface area contributed by atoms with E-state index in [-0.39, 0.29) is 16.2 Å². The van der Waals surface area contributed by atoms with Gasteiger partial charge in [0, 0.05) is 0 Å². The highest BCUT2D eigenvalue weighted by molar-refractivity contribution is 7.87. The molecule has 0 saturated heterocycles. The Kier molecular flexibility index (Phi) is 6.89. The Labute approximate surface area is 176 Å². The molecule has 0 fully saturated rings. The third-order valence-corrected chi connectivity index (χ3v) is 5.28. The Balaban J connectivity index is 2.33. The molecule has 0 spiro atoms. The van der Waals surface area contributed by atoms with Crippen molar-refractivity contribution in [3.63, 3.8) is 0 Å². The fourth-order valence-corrected chi connectivity index (χ4v) is 3.48. The summed E-state index contributed by atoms with van der Waals surface area (Å²) in [6, 6.07) is 13.2. The number of esters is 2. The fraction of sp³-hybridized carbons (Fsp3) is 0.333. The number of carbonyl (C=O) groups excluding carboxylic acids is 2. The third kappa shape index (κ3) is 5.80. The van der Waals surface area contributed by atoms with Crippen LogP contribution in [0.2, 0.25) is 0 Å². The molecule has 0 aliphatic rings. The van der Waals surface area contributed by atoms with Crippen LogP contribution in [-0.4, -0.2) is 33.1 Å². The van der Waals surface area contributed by atoms with Crippen molar-refractivity contribution in [2.24, 2.45) is 5.73 Å². The Morgan fingerprint density at radius 2 is 1.53 bits per heavy atom. The fourth-order valence-electron chi connectivity index (χ4n) is 2.53. The summed E-state index contributed by atoms with van der Waals surface area (Å²) in [6.07, 6.45) is -0.457. The topological polar surface area (TPSA) is 122 Å². The van der Waals surface area contributed by atoms with Gasteiger partial charge >= 0.3 is 22.1 Å². The van der Waals surface area contributed by atoms with Gasteiger partial charge in [-0.15, -0.1) is 0 Å². The van der Waals surface area contributed by atoms with Crippen LogP contribution in [0.1, 0.15) is 32.8 Å². The van der Waals surface area contributed by atoms with E-state index >= 15 is 0 Å². The van der Waals surface area contributed by atoms with E-state index in [1.54, 1.807) is 39.0 Å². The van der Waals surface area contributed by atoms with Gasteiger partial charge in [0.15, 0.2) is 5.54 Å². The van der Waals surface area contributed by atoms with Gasteiger partial charge < -0.3 is 19.4 Å². The van der Waals surface area contributed by atoms with Gasteiger partial charge in [-0.1, -0.05) is 30.3 Å². The minimum absolute atomic E-state index is 0.00157. The zero-order valence-electron chi connectivity index (χ0n) is 17.2. The van der Waals surface area contributed by atoms with Crippen LogP contribution in [0.3, 0.4) is 0 Å². The van der Waals surface area contributed by atoms with Crippen molar-refractivity contribution in [3.05, 3.63) is 60.2 Å². The minimum atomic E-state index is -4.02. The third-order valence-electron chi connectivity index (χ3n) is 4.02. The predicted molar refractivity (Wildman–Crippen MR) is 109 cm³/mol. The highest BCUT2D eigenvalue weighted by atomic mass is 32.2. The maximum absolute atomic E-state index is 12.7. The summed E-state index contributed by atoms with van der Waals surface area (Å²) in [5, 5.41) is 0. The Bertz CT molecular complexity index is 996. The van der Waals surface area contributed by atoms with Crippen LogP contribution >= 0.6 is 0 Å². The molecule has 0 aliphatic heterocycles. The number of methoxy groups -OCH3 is 1. The first-order chi connectivity index (χ1) is 13.9. The summed E-state index contributed by atoms with van der Waals surface area (Å²) < 4.78 is 39.9. The first-order valence-electron chi connectivity index (χ1n) is 9.06. The number of hydrogen-bond donors (Lipinski definition) is 1. The molecule has 2 rings (SSSR count). The molecular formula is C21H25NO7S. The molecule has 0 saturated carbocycles. The largest absolute Gasteiger partial charge is 0.469 e. The smallest absolute Gasteiger partial charge is 0.339 e. The predicted octanol–water partition coefficient (Wildman–Crippen LogP) is 2.51. The summed E-state index contributed by atoms with van der Waals surface area (Å²) in [5.74, 6) is -1.49. The SMILES string of the molecule is COC(=O)CC(N)(C(=O)OC(C)(C)C)c1ccc(OS(=O)(=O)c2ccccc2)cc1. The standard InChI is InChI=1S/C21H25NO7S/c1-20(2,3)28-19(24)21(22,14-18(23)27-4)15-10-12-16(13-11-15)29-30(25,26)17-8-6-5-7-9-17/h5-13H,14,22H2,1-4H3. The normalized spacial score (nSPS) is 13.8. The van der Waals surface area contributed by atoms with Crippen molar-refractivity contribution in [2.45, 2.75) is 43.2 Å². The van der Waals surface area contributed by atoms with E-state index in [0.29, 0.717) is 0 Å². The molecular weight excluding hydrogens is 410 g/mol.